The lowest BCUT2D eigenvalue weighted by atomic mass is 10.2. The number of aromatic nitrogens is 2. The SMILES string of the molecule is Clc1ccc2ccn(Cc3nc4ccccc4s3)c2c1. The fraction of sp³-hybridized carbons (Fsp3) is 0.0625. The maximum absolute atomic E-state index is 6.09. The Balaban J connectivity index is 1.78. The fourth-order valence-electron chi connectivity index (χ4n) is 2.43. The van der Waals surface area contributed by atoms with Crippen LogP contribution in [0.15, 0.2) is 54.7 Å². The highest BCUT2D eigenvalue weighted by atomic mass is 35.5. The maximum atomic E-state index is 6.09. The molecule has 0 aliphatic carbocycles. The molecule has 0 atom stereocenters. The summed E-state index contributed by atoms with van der Waals surface area (Å²) in [5, 5.41) is 3.08. The van der Waals surface area contributed by atoms with Crippen LogP contribution in [0, 0.1) is 0 Å². The standard InChI is InChI=1S/C16H11ClN2S/c17-12-6-5-11-7-8-19(14(11)9-12)10-16-18-13-3-1-2-4-15(13)20-16/h1-9H,10H2. The second-order valence-corrected chi connectivity index (χ2v) is 6.27. The Morgan fingerprint density at radius 3 is 2.90 bits per heavy atom. The molecule has 0 aliphatic heterocycles. The molecular formula is C16H11ClN2S. The lowest BCUT2D eigenvalue weighted by Crippen LogP contribution is -1.96. The third-order valence-electron chi connectivity index (χ3n) is 3.38. The van der Waals surface area contributed by atoms with Crippen molar-refractivity contribution in [1.82, 2.24) is 9.55 Å². The molecule has 0 unspecified atom stereocenters. The van der Waals surface area contributed by atoms with Gasteiger partial charge in [0.05, 0.1) is 16.8 Å². The zero-order valence-corrected chi connectivity index (χ0v) is 12.2. The second kappa shape index (κ2) is 4.62. The summed E-state index contributed by atoms with van der Waals surface area (Å²) >= 11 is 7.83. The van der Waals surface area contributed by atoms with Gasteiger partial charge in [0.15, 0.2) is 0 Å². The van der Waals surface area contributed by atoms with Gasteiger partial charge in [-0.2, -0.15) is 0 Å². The predicted octanol–water partition coefficient (Wildman–Crippen LogP) is 4.95. The molecule has 20 heavy (non-hydrogen) atoms. The van der Waals surface area contributed by atoms with Crippen molar-refractivity contribution in [3.63, 3.8) is 0 Å². The van der Waals surface area contributed by atoms with Crippen LogP contribution in [0.4, 0.5) is 0 Å². The van der Waals surface area contributed by atoms with Crippen molar-refractivity contribution in [2.45, 2.75) is 6.54 Å². The van der Waals surface area contributed by atoms with Crippen LogP contribution >= 0.6 is 22.9 Å². The largest absolute Gasteiger partial charge is 0.341 e. The number of fused-ring (bicyclic) bond motifs is 2. The number of benzene rings is 2. The lowest BCUT2D eigenvalue weighted by molar-refractivity contribution is 0.831. The Morgan fingerprint density at radius 2 is 2.00 bits per heavy atom. The third-order valence-corrected chi connectivity index (χ3v) is 4.64. The van der Waals surface area contributed by atoms with Gasteiger partial charge < -0.3 is 4.57 Å². The maximum Gasteiger partial charge on any atom is 0.114 e. The van der Waals surface area contributed by atoms with Gasteiger partial charge in [0.2, 0.25) is 0 Å². The Labute approximate surface area is 125 Å². The highest BCUT2D eigenvalue weighted by Crippen LogP contribution is 2.25. The molecule has 0 spiro atoms. The van der Waals surface area contributed by atoms with Crippen LogP contribution in [0.2, 0.25) is 5.02 Å². The topological polar surface area (TPSA) is 17.8 Å². The van der Waals surface area contributed by atoms with Gasteiger partial charge in [0.25, 0.3) is 0 Å². The molecule has 4 aromatic rings. The Bertz CT molecular complexity index is 874. The molecule has 2 aromatic heterocycles. The van der Waals surface area contributed by atoms with E-state index in [0.717, 1.165) is 27.6 Å². The minimum absolute atomic E-state index is 0.766. The molecule has 0 N–H and O–H groups in total. The van der Waals surface area contributed by atoms with Crippen LogP contribution in [0.5, 0.6) is 0 Å². The van der Waals surface area contributed by atoms with E-state index in [9.17, 15) is 0 Å². The smallest absolute Gasteiger partial charge is 0.114 e. The van der Waals surface area contributed by atoms with E-state index in [1.165, 1.54) is 10.1 Å². The van der Waals surface area contributed by atoms with E-state index in [1.807, 2.05) is 24.3 Å². The lowest BCUT2D eigenvalue weighted by Gasteiger charge is -2.02. The van der Waals surface area contributed by atoms with Crippen LogP contribution in [0.1, 0.15) is 5.01 Å². The number of hydrogen-bond acceptors (Lipinski definition) is 2. The average molecular weight is 299 g/mol. The first-order chi connectivity index (χ1) is 9.79. The first-order valence-electron chi connectivity index (χ1n) is 6.38. The zero-order valence-electron chi connectivity index (χ0n) is 10.6. The van der Waals surface area contributed by atoms with Crippen LogP contribution in [-0.2, 0) is 6.54 Å². The predicted molar refractivity (Wildman–Crippen MR) is 85.7 cm³/mol. The first-order valence-corrected chi connectivity index (χ1v) is 7.58. The van der Waals surface area contributed by atoms with E-state index in [1.54, 1.807) is 11.3 Å². The monoisotopic (exact) mass is 298 g/mol. The van der Waals surface area contributed by atoms with Crippen LogP contribution in [0.3, 0.4) is 0 Å². The molecule has 0 amide bonds. The molecule has 2 heterocycles. The second-order valence-electron chi connectivity index (χ2n) is 4.72. The van der Waals surface area contributed by atoms with E-state index in [0.29, 0.717) is 0 Å². The van der Waals surface area contributed by atoms with E-state index in [2.05, 4.69) is 40.0 Å². The zero-order chi connectivity index (χ0) is 13.5. The quantitative estimate of drug-likeness (QED) is 0.512. The summed E-state index contributed by atoms with van der Waals surface area (Å²) < 4.78 is 3.43. The molecule has 0 aliphatic rings. The molecule has 0 bridgehead atoms. The van der Waals surface area contributed by atoms with E-state index in [4.69, 9.17) is 11.6 Å². The van der Waals surface area contributed by atoms with Crippen molar-refractivity contribution in [2.75, 3.05) is 0 Å². The molecule has 0 fully saturated rings. The Kier molecular flexibility index (Phi) is 2.76. The fourth-order valence-corrected chi connectivity index (χ4v) is 3.56. The van der Waals surface area contributed by atoms with Crippen molar-refractivity contribution in [1.29, 1.82) is 0 Å². The summed E-state index contributed by atoms with van der Waals surface area (Å²) in [6, 6.07) is 16.3. The van der Waals surface area contributed by atoms with Gasteiger partial charge in [0.1, 0.15) is 5.01 Å². The number of hydrogen-bond donors (Lipinski definition) is 0. The highest BCUT2D eigenvalue weighted by molar-refractivity contribution is 7.18. The molecular weight excluding hydrogens is 288 g/mol. The summed E-state index contributed by atoms with van der Waals surface area (Å²) in [5.74, 6) is 0. The van der Waals surface area contributed by atoms with Crippen LogP contribution in [0.25, 0.3) is 21.1 Å². The minimum Gasteiger partial charge on any atom is -0.341 e. The summed E-state index contributed by atoms with van der Waals surface area (Å²) in [6.07, 6.45) is 2.09. The van der Waals surface area contributed by atoms with Gasteiger partial charge in [-0.1, -0.05) is 29.8 Å². The van der Waals surface area contributed by atoms with Crippen molar-refractivity contribution < 1.29 is 0 Å². The Hall–Kier alpha value is -1.84. The number of para-hydroxylation sites is 1. The van der Waals surface area contributed by atoms with Crippen LogP contribution < -0.4 is 0 Å². The summed E-state index contributed by atoms with van der Waals surface area (Å²) in [7, 11) is 0. The molecule has 2 nitrogen and oxygen atoms in total. The van der Waals surface area contributed by atoms with Crippen LogP contribution in [-0.4, -0.2) is 9.55 Å². The van der Waals surface area contributed by atoms with Crippen molar-refractivity contribution in [2.24, 2.45) is 0 Å². The molecule has 0 saturated carbocycles. The van der Waals surface area contributed by atoms with Crippen molar-refractivity contribution in [3.8, 4) is 0 Å². The number of halogens is 1. The van der Waals surface area contributed by atoms with E-state index < -0.39 is 0 Å². The summed E-state index contributed by atoms with van der Waals surface area (Å²) in [4.78, 5) is 4.68. The summed E-state index contributed by atoms with van der Waals surface area (Å²) in [5.41, 5.74) is 2.22. The first kappa shape index (κ1) is 11.9. The molecule has 0 saturated heterocycles. The normalized spacial score (nSPS) is 11.4. The van der Waals surface area contributed by atoms with Gasteiger partial charge >= 0.3 is 0 Å². The van der Waals surface area contributed by atoms with Crippen molar-refractivity contribution >= 4 is 44.1 Å². The molecule has 4 rings (SSSR count). The van der Waals surface area contributed by atoms with Gasteiger partial charge in [-0.05, 0) is 35.7 Å². The van der Waals surface area contributed by atoms with E-state index in [-0.39, 0.29) is 0 Å². The number of rotatable bonds is 2. The molecule has 0 radical (unpaired) electrons. The van der Waals surface area contributed by atoms with Gasteiger partial charge in [-0.3, -0.25) is 0 Å². The summed E-state index contributed by atoms with van der Waals surface area (Å²) in [6.45, 7) is 0.781. The minimum atomic E-state index is 0.766. The van der Waals surface area contributed by atoms with Gasteiger partial charge in [0, 0.05) is 16.7 Å². The van der Waals surface area contributed by atoms with Gasteiger partial charge in [-0.25, -0.2) is 4.98 Å². The highest BCUT2D eigenvalue weighted by Gasteiger charge is 2.06. The Morgan fingerprint density at radius 1 is 1.10 bits per heavy atom. The number of thiazole rings is 1. The molecule has 2 aromatic carbocycles. The van der Waals surface area contributed by atoms with Gasteiger partial charge in [-0.15, -0.1) is 11.3 Å². The number of nitrogens with zero attached hydrogens (tertiary/aromatic N) is 2. The average Bonchev–Trinajstić information content (AvgIpc) is 3.03. The third kappa shape index (κ3) is 1.99. The molecule has 98 valence electrons. The van der Waals surface area contributed by atoms with E-state index >= 15 is 0 Å². The van der Waals surface area contributed by atoms with Crippen molar-refractivity contribution in [3.05, 3.63) is 64.8 Å². The molecule has 4 heteroatoms.